The van der Waals surface area contributed by atoms with Crippen LogP contribution in [0.2, 0.25) is 0 Å². The zero-order valence-electron chi connectivity index (χ0n) is 9.12. The maximum atomic E-state index is 5.56. The van der Waals surface area contributed by atoms with E-state index in [1.165, 1.54) is 16.8 Å². The number of anilines is 1. The summed E-state index contributed by atoms with van der Waals surface area (Å²) in [6.45, 7) is 3.99. The summed E-state index contributed by atoms with van der Waals surface area (Å²) in [5.41, 5.74) is 4.22. The highest BCUT2D eigenvalue weighted by atomic mass is 16.5. The first-order valence-corrected chi connectivity index (χ1v) is 5.85. The number of fused-ring (bicyclic) bond motifs is 3. The van der Waals surface area contributed by atoms with Gasteiger partial charge in [0.25, 0.3) is 0 Å². The highest BCUT2D eigenvalue weighted by molar-refractivity contribution is 5.61. The van der Waals surface area contributed by atoms with Gasteiger partial charge in [-0.1, -0.05) is 19.1 Å². The first kappa shape index (κ1) is 9.22. The van der Waals surface area contributed by atoms with Crippen molar-refractivity contribution in [3.8, 4) is 0 Å². The molecule has 2 unspecified atom stereocenters. The van der Waals surface area contributed by atoms with E-state index in [0.717, 1.165) is 26.1 Å². The fourth-order valence-electron chi connectivity index (χ4n) is 2.69. The Bertz CT molecular complexity index is 375. The molecule has 1 aromatic rings. The van der Waals surface area contributed by atoms with Crippen LogP contribution in [0, 0.1) is 0 Å². The van der Waals surface area contributed by atoms with Crippen LogP contribution in [-0.2, 0) is 11.2 Å². The van der Waals surface area contributed by atoms with Gasteiger partial charge in [-0.2, -0.15) is 0 Å². The minimum atomic E-state index is 0.583. The van der Waals surface area contributed by atoms with Gasteiger partial charge < -0.3 is 10.1 Å². The molecule has 15 heavy (non-hydrogen) atoms. The van der Waals surface area contributed by atoms with Crippen molar-refractivity contribution in [2.45, 2.75) is 31.7 Å². The molecule has 1 aromatic carbocycles. The summed E-state index contributed by atoms with van der Waals surface area (Å²) in [6.07, 6.45) is 2.25. The smallest absolute Gasteiger partial charge is 0.0555 e. The molecule has 2 aliphatic heterocycles. The average Bonchev–Trinajstić information content (AvgIpc) is 2.66. The van der Waals surface area contributed by atoms with Crippen LogP contribution in [0.15, 0.2) is 18.2 Å². The lowest BCUT2D eigenvalue weighted by Crippen LogP contribution is -2.30. The van der Waals surface area contributed by atoms with Crippen molar-refractivity contribution in [3.63, 3.8) is 0 Å². The Balaban J connectivity index is 1.96. The lowest BCUT2D eigenvalue weighted by Gasteiger charge is -2.25. The maximum Gasteiger partial charge on any atom is 0.0555 e. The molecule has 0 radical (unpaired) electrons. The summed E-state index contributed by atoms with van der Waals surface area (Å²) >= 11 is 0. The third kappa shape index (κ3) is 1.44. The molecule has 80 valence electrons. The van der Waals surface area contributed by atoms with Gasteiger partial charge in [0.05, 0.1) is 6.61 Å². The van der Waals surface area contributed by atoms with Gasteiger partial charge in [-0.05, 0) is 30.0 Å². The van der Waals surface area contributed by atoms with Crippen molar-refractivity contribution in [3.05, 3.63) is 29.3 Å². The minimum absolute atomic E-state index is 0.583. The van der Waals surface area contributed by atoms with Crippen LogP contribution in [0.1, 0.15) is 30.4 Å². The standard InChI is InChI=1S/C13H17NO/c1-2-9-3-4-10-11-8-15-6-5-12(11)14-13(10)7-9/h3-4,7,11-12,14H,2,5-6,8H2,1H3. The molecule has 2 nitrogen and oxygen atoms in total. The summed E-state index contributed by atoms with van der Waals surface area (Å²) < 4.78 is 5.56. The summed E-state index contributed by atoms with van der Waals surface area (Å²) in [7, 11) is 0. The highest BCUT2D eigenvalue weighted by Gasteiger charge is 2.34. The summed E-state index contributed by atoms with van der Waals surface area (Å²) in [6, 6.07) is 7.44. The Morgan fingerprint density at radius 1 is 1.47 bits per heavy atom. The second-order valence-electron chi connectivity index (χ2n) is 4.50. The largest absolute Gasteiger partial charge is 0.381 e. The number of aryl methyl sites for hydroxylation is 1. The van der Waals surface area contributed by atoms with E-state index < -0.39 is 0 Å². The molecule has 1 saturated heterocycles. The topological polar surface area (TPSA) is 21.3 Å². The second-order valence-corrected chi connectivity index (χ2v) is 4.50. The van der Waals surface area contributed by atoms with Crippen LogP contribution < -0.4 is 5.32 Å². The molecule has 1 N–H and O–H groups in total. The maximum absolute atomic E-state index is 5.56. The summed E-state index contributed by atoms with van der Waals surface area (Å²) in [4.78, 5) is 0. The summed E-state index contributed by atoms with van der Waals surface area (Å²) in [5.74, 6) is 0.583. The van der Waals surface area contributed by atoms with E-state index in [9.17, 15) is 0 Å². The fraction of sp³-hybridized carbons (Fsp3) is 0.538. The van der Waals surface area contributed by atoms with Crippen molar-refractivity contribution in [1.29, 1.82) is 0 Å². The van der Waals surface area contributed by atoms with Crippen molar-refractivity contribution < 1.29 is 4.74 Å². The van der Waals surface area contributed by atoms with E-state index in [1.807, 2.05) is 0 Å². The van der Waals surface area contributed by atoms with Gasteiger partial charge in [-0.3, -0.25) is 0 Å². The van der Waals surface area contributed by atoms with Crippen LogP contribution in [0.3, 0.4) is 0 Å². The molecule has 2 heteroatoms. The normalized spacial score (nSPS) is 28.1. The molecule has 2 heterocycles. The van der Waals surface area contributed by atoms with Gasteiger partial charge in [0.1, 0.15) is 0 Å². The Labute approximate surface area is 90.6 Å². The average molecular weight is 203 g/mol. The lowest BCUT2D eigenvalue weighted by atomic mass is 9.92. The quantitative estimate of drug-likeness (QED) is 0.757. The van der Waals surface area contributed by atoms with Crippen LogP contribution in [0.25, 0.3) is 0 Å². The molecule has 0 aliphatic carbocycles. The van der Waals surface area contributed by atoms with Gasteiger partial charge in [0.15, 0.2) is 0 Å². The van der Waals surface area contributed by atoms with Crippen LogP contribution in [0.4, 0.5) is 5.69 Å². The SMILES string of the molecule is CCc1ccc2c(c1)NC1CCOCC21. The molecule has 0 bridgehead atoms. The highest BCUT2D eigenvalue weighted by Crippen LogP contribution is 2.39. The van der Waals surface area contributed by atoms with Crippen molar-refractivity contribution in [1.82, 2.24) is 0 Å². The van der Waals surface area contributed by atoms with E-state index >= 15 is 0 Å². The van der Waals surface area contributed by atoms with Gasteiger partial charge in [0.2, 0.25) is 0 Å². The number of hydrogen-bond donors (Lipinski definition) is 1. The predicted molar refractivity (Wildman–Crippen MR) is 61.4 cm³/mol. The third-order valence-electron chi connectivity index (χ3n) is 3.62. The number of ether oxygens (including phenoxy) is 1. The molecule has 0 saturated carbocycles. The van der Waals surface area contributed by atoms with E-state index in [4.69, 9.17) is 4.74 Å². The molecule has 3 rings (SSSR count). The molecule has 0 spiro atoms. The van der Waals surface area contributed by atoms with Gasteiger partial charge >= 0.3 is 0 Å². The van der Waals surface area contributed by atoms with Gasteiger partial charge in [-0.25, -0.2) is 0 Å². The van der Waals surface area contributed by atoms with Gasteiger partial charge in [-0.15, -0.1) is 0 Å². The fourth-order valence-corrected chi connectivity index (χ4v) is 2.69. The zero-order valence-corrected chi connectivity index (χ0v) is 9.12. The number of rotatable bonds is 1. The lowest BCUT2D eigenvalue weighted by molar-refractivity contribution is 0.0769. The molecule has 0 aromatic heterocycles. The Kier molecular flexibility index (Phi) is 2.17. The number of benzene rings is 1. The number of hydrogen-bond acceptors (Lipinski definition) is 2. The number of nitrogens with one attached hydrogen (secondary N) is 1. The third-order valence-corrected chi connectivity index (χ3v) is 3.62. The van der Waals surface area contributed by atoms with Crippen LogP contribution in [-0.4, -0.2) is 19.3 Å². The second kappa shape index (κ2) is 3.53. The molecule has 2 aliphatic rings. The predicted octanol–water partition coefficient (Wildman–Crippen LogP) is 2.55. The Morgan fingerprint density at radius 2 is 2.40 bits per heavy atom. The van der Waals surface area contributed by atoms with E-state index in [1.54, 1.807) is 0 Å². The van der Waals surface area contributed by atoms with E-state index in [2.05, 4.69) is 30.4 Å². The monoisotopic (exact) mass is 203 g/mol. The molecule has 1 fully saturated rings. The van der Waals surface area contributed by atoms with Crippen molar-refractivity contribution in [2.75, 3.05) is 18.5 Å². The van der Waals surface area contributed by atoms with Crippen molar-refractivity contribution in [2.24, 2.45) is 0 Å². The van der Waals surface area contributed by atoms with Crippen molar-refractivity contribution >= 4 is 5.69 Å². The first-order chi connectivity index (χ1) is 7.38. The van der Waals surface area contributed by atoms with Gasteiger partial charge in [0, 0.05) is 24.3 Å². The van der Waals surface area contributed by atoms with E-state index in [0.29, 0.717) is 12.0 Å². The molecular formula is C13H17NO. The first-order valence-electron chi connectivity index (χ1n) is 5.85. The molecule has 2 atom stereocenters. The molecule has 0 amide bonds. The minimum Gasteiger partial charge on any atom is -0.381 e. The zero-order chi connectivity index (χ0) is 10.3. The van der Waals surface area contributed by atoms with Crippen LogP contribution in [0.5, 0.6) is 0 Å². The molecular weight excluding hydrogens is 186 g/mol. The summed E-state index contributed by atoms with van der Waals surface area (Å²) in [5, 5.41) is 3.63. The Morgan fingerprint density at radius 3 is 3.27 bits per heavy atom. The van der Waals surface area contributed by atoms with Crippen LogP contribution >= 0.6 is 0 Å². The Hall–Kier alpha value is -1.02. The van der Waals surface area contributed by atoms with E-state index in [-0.39, 0.29) is 0 Å².